The minimum Gasteiger partial charge on any atom is -0.497 e. The highest BCUT2D eigenvalue weighted by molar-refractivity contribution is 5.86. The number of halogens is 1. The Labute approximate surface area is 152 Å². The van der Waals surface area contributed by atoms with E-state index in [1.807, 2.05) is 0 Å². The highest BCUT2D eigenvalue weighted by atomic mass is 19.1. The Hall–Kier alpha value is -1.74. The summed E-state index contributed by atoms with van der Waals surface area (Å²) >= 11 is 0. The Balaban J connectivity index is 2.11. The second-order valence-electron chi connectivity index (χ2n) is 7.05. The summed E-state index contributed by atoms with van der Waals surface area (Å²) in [6.07, 6.45) is 0.813. The predicted molar refractivity (Wildman–Crippen MR) is 93.1 cm³/mol. The Bertz CT molecular complexity index is 638. The van der Waals surface area contributed by atoms with Crippen LogP contribution in [0, 0.1) is 5.82 Å². The van der Waals surface area contributed by atoms with Crippen LogP contribution in [0.25, 0.3) is 0 Å². The fourth-order valence-corrected chi connectivity index (χ4v) is 2.91. The number of aliphatic hydroxyl groups is 3. The fourth-order valence-electron chi connectivity index (χ4n) is 2.91. The number of hydrogen-bond acceptors (Lipinski definition) is 6. The largest absolute Gasteiger partial charge is 0.497 e. The van der Waals surface area contributed by atoms with Crippen molar-refractivity contribution in [2.75, 3.05) is 33.4 Å². The molecule has 1 heterocycles. The summed E-state index contributed by atoms with van der Waals surface area (Å²) in [6, 6.07) is 4.31. The van der Waals surface area contributed by atoms with Gasteiger partial charge in [0.05, 0.1) is 25.9 Å². The SMILES string of the molecule is COc1ccc(F)c(CN2CCC[C@@](O)(CNC(C)(CO)CO)C2=O)c1. The summed E-state index contributed by atoms with van der Waals surface area (Å²) in [6.45, 7) is 1.24. The van der Waals surface area contributed by atoms with Crippen LogP contribution in [0.4, 0.5) is 4.39 Å². The molecule has 1 fully saturated rings. The number of likely N-dealkylation sites (tertiary alicyclic amines) is 1. The van der Waals surface area contributed by atoms with Gasteiger partial charge < -0.3 is 30.3 Å². The molecule has 146 valence electrons. The van der Waals surface area contributed by atoms with Crippen molar-refractivity contribution in [2.45, 2.75) is 37.5 Å². The Morgan fingerprint density at radius 3 is 2.69 bits per heavy atom. The number of methoxy groups -OCH3 is 1. The number of hydrogen-bond donors (Lipinski definition) is 4. The molecule has 0 bridgehead atoms. The number of nitrogens with one attached hydrogen (secondary N) is 1. The molecule has 0 unspecified atom stereocenters. The Kier molecular flexibility index (Phi) is 6.57. The Morgan fingerprint density at radius 1 is 1.38 bits per heavy atom. The van der Waals surface area contributed by atoms with Crippen LogP contribution in [-0.4, -0.2) is 70.7 Å². The summed E-state index contributed by atoms with van der Waals surface area (Å²) in [5.41, 5.74) is -2.36. The molecule has 1 aliphatic heterocycles. The first-order valence-corrected chi connectivity index (χ1v) is 8.58. The van der Waals surface area contributed by atoms with Crippen molar-refractivity contribution in [1.82, 2.24) is 10.2 Å². The molecule has 1 saturated heterocycles. The maximum atomic E-state index is 14.1. The normalized spacial score (nSPS) is 21.2. The van der Waals surface area contributed by atoms with E-state index in [0.29, 0.717) is 24.3 Å². The van der Waals surface area contributed by atoms with Gasteiger partial charge in [0.1, 0.15) is 11.6 Å². The zero-order valence-corrected chi connectivity index (χ0v) is 15.2. The third kappa shape index (κ3) is 4.50. The van der Waals surface area contributed by atoms with E-state index in [4.69, 9.17) is 4.74 Å². The smallest absolute Gasteiger partial charge is 0.256 e. The minimum absolute atomic E-state index is 0.0292. The van der Waals surface area contributed by atoms with Gasteiger partial charge in [0.25, 0.3) is 5.91 Å². The second kappa shape index (κ2) is 8.30. The van der Waals surface area contributed by atoms with Crippen molar-refractivity contribution in [1.29, 1.82) is 0 Å². The summed E-state index contributed by atoms with van der Waals surface area (Å²) in [7, 11) is 1.48. The quantitative estimate of drug-likeness (QED) is 0.515. The molecule has 2 rings (SSSR count). The van der Waals surface area contributed by atoms with Crippen molar-refractivity contribution >= 4 is 5.91 Å². The molecule has 0 saturated carbocycles. The average Bonchev–Trinajstić information content (AvgIpc) is 2.65. The molecule has 8 heteroatoms. The first kappa shape index (κ1) is 20.6. The van der Waals surface area contributed by atoms with Gasteiger partial charge >= 0.3 is 0 Å². The van der Waals surface area contributed by atoms with Crippen molar-refractivity contribution in [2.24, 2.45) is 0 Å². The molecular formula is C18H27FN2O5. The number of nitrogens with zero attached hydrogens (tertiary/aromatic N) is 1. The number of aliphatic hydroxyl groups excluding tert-OH is 2. The number of carbonyl (C=O) groups excluding carboxylic acids is 1. The topological polar surface area (TPSA) is 102 Å². The van der Waals surface area contributed by atoms with Crippen LogP contribution in [-0.2, 0) is 11.3 Å². The van der Waals surface area contributed by atoms with Crippen LogP contribution >= 0.6 is 0 Å². The molecule has 0 radical (unpaired) electrons. The lowest BCUT2D eigenvalue weighted by Gasteiger charge is -2.40. The van der Waals surface area contributed by atoms with Gasteiger partial charge in [-0.2, -0.15) is 0 Å². The van der Waals surface area contributed by atoms with Crippen LogP contribution in [0.15, 0.2) is 18.2 Å². The third-order valence-corrected chi connectivity index (χ3v) is 4.82. The first-order chi connectivity index (χ1) is 12.3. The van der Waals surface area contributed by atoms with E-state index in [9.17, 15) is 24.5 Å². The molecule has 7 nitrogen and oxygen atoms in total. The maximum Gasteiger partial charge on any atom is 0.256 e. The monoisotopic (exact) mass is 370 g/mol. The summed E-state index contributed by atoms with van der Waals surface area (Å²) in [4.78, 5) is 14.2. The van der Waals surface area contributed by atoms with Crippen LogP contribution < -0.4 is 10.1 Å². The van der Waals surface area contributed by atoms with E-state index >= 15 is 0 Å². The van der Waals surface area contributed by atoms with Crippen molar-refractivity contribution in [3.8, 4) is 5.75 Å². The summed E-state index contributed by atoms with van der Waals surface area (Å²) in [5.74, 6) is -0.458. The summed E-state index contributed by atoms with van der Waals surface area (Å²) < 4.78 is 19.1. The maximum absolute atomic E-state index is 14.1. The van der Waals surface area contributed by atoms with Crippen LogP contribution in [0.1, 0.15) is 25.3 Å². The number of β-amino-alcohol motifs (C(OH)–C–C–N with tert-alkyl or cyclic N) is 1. The highest BCUT2D eigenvalue weighted by Gasteiger charge is 2.43. The van der Waals surface area contributed by atoms with E-state index in [1.165, 1.54) is 30.2 Å². The van der Waals surface area contributed by atoms with Crippen LogP contribution in [0.5, 0.6) is 5.75 Å². The molecule has 1 amide bonds. The first-order valence-electron chi connectivity index (χ1n) is 8.58. The molecule has 0 spiro atoms. The summed E-state index contributed by atoms with van der Waals surface area (Å²) in [5, 5.41) is 32.3. The number of benzene rings is 1. The third-order valence-electron chi connectivity index (χ3n) is 4.82. The Morgan fingerprint density at radius 2 is 2.08 bits per heavy atom. The van der Waals surface area contributed by atoms with Crippen molar-refractivity contribution in [3.05, 3.63) is 29.6 Å². The lowest BCUT2D eigenvalue weighted by molar-refractivity contribution is -0.158. The molecule has 0 aromatic heterocycles. The molecule has 26 heavy (non-hydrogen) atoms. The van der Waals surface area contributed by atoms with Crippen LogP contribution in [0.2, 0.25) is 0 Å². The fraction of sp³-hybridized carbons (Fsp3) is 0.611. The molecule has 1 atom stereocenters. The number of amides is 1. The van der Waals surface area contributed by atoms with Gasteiger partial charge in [0.2, 0.25) is 0 Å². The number of ether oxygens (including phenoxy) is 1. The lowest BCUT2D eigenvalue weighted by atomic mass is 9.90. The predicted octanol–water partition coefficient (Wildman–Crippen LogP) is 0.0207. The van der Waals surface area contributed by atoms with Gasteiger partial charge in [-0.15, -0.1) is 0 Å². The van der Waals surface area contributed by atoms with Gasteiger partial charge in [-0.3, -0.25) is 4.79 Å². The van der Waals surface area contributed by atoms with E-state index < -0.39 is 22.9 Å². The number of piperidine rings is 1. The zero-order valence-electron chi connectivity index (χ0n) is 15.2. The van der Waals surface area contributed by atoms with Crippen LogP contribution in [0.3, 0.4) is 0 Å². The molecule has 1 aromatic carbocycles. The van der Waals surface area contributed by atoms with Gasteiger partial charge in [-0.1, -0.05) is 0 Å². The average molecular weight is 370 g/mol. The van der Waals surface area contributed by atoms with Crippen molar-refractivity contribution < 1.29 is 29.2 Å². The second-order valence-corrected chi connectivity index (χ2v) is 7.05. The van der Waals surface area contributed by atoms with E-state index in [-0.39, 0.29) is 32.7 Å². The van der Waals surface area contributed by atoms with E-state index in [2.05, 4.69) is 5.32 Å². The molecule has 1 aromatic rings. The standard InChI is InChI=1S/C18H27FN2O5/c1-17(11-22,12-23)20-10-18(25)6-3-7-21(16(18)24)9-13-8-14(26-2)4-5-15(13)19/h4-5,8,20,22-23,25H,3,6-7,9-12H2,1-2H3/t18-/m1/s1. The van der Waals surface area contributed by atoms with Crippen molar-refractivity contribution in [3.63, 3.8) is 0 Å². The number of rotatable bonds is 8. The van der Waals surface area contributed by atoms with Gasteiger partial charge in [-0.05, 0) is 38.0 Å². The molecule has 0 aliphatic carbocycles. The molecular weight excluding hydrogens is 343 g/mol. The minimum atomic E-state index is -1.67. The molecule has 4 N–H and O–H groups in total. The van der Waals surface area contributed by atoms with Gasteiger partial charge in [-0.25, -0.2) is 4.39 Å². The van der Waals surface area contributed by atoms with Gasteiger partial charge in [0, 0.05) is 25.2 Å². The lowest BCUT2D eigenvalue weighted by Crippen LogP contribution is -2.62. The van der Waals surface area contributed by atoms with E-state index in [0.717, 1.165) is 0 Å². The molecule has 1 aliphatic rings. The van der Waals surface area contributed by atoms with E-state index in [1.54, 1.807) is 6.92 Å². The number of carbonyl (C=O) groups is 1. The van der Waals surface area contributed by atoms with Gasteiger partial charge in [0.15, 0.2) is 5.60 Å². The highest BCUT2D eigenvalue weighted by Crippen LogP contribution is 2.26. The zero-order chi connectivity index (χ0) is 19.4.